The van der Waals surface area contributed by atoms with Gasteiger partial charge in [-0.1, -0.05) is 11.6 Å². The molecule has 0 saturated heterocycles. The van der Waals surface area contributed by atoms with Gasteiger partial charge < -0.3 is 0 Å². The average Bonchev–Trinajstić information content (AvgIpc) is 2.38. The zero-order valence-electron chi connectivity index (χ0n) is 9.43. The largest absolute Gasteiger partial charge is 0.240 e. The second-order valence-electron chi connectivity index (χ2n) is 3.69. The van der Waals surface area contributed by atoms with Crippen molar-refractivity contribution in [1.29, 1.82) is 0 Å². The van der Waals surface area contributed by atoms with E-state index in [9.17, 15) is 8.42 Å². The number of pyridine rings is 1. The molecule has 0 aliphatic carbocycles. The van der Waals surface area contributed by atoms with Gasteiger partial charge in [0.2, 0.25) is 10.0 Å². The van der Waals surface area contributed by atoms with E-state index in [0.29, 0.717) is 5.02 Å². The lowest BCUT2D eigenvalue weighted by atomic mass is 10.3. The minimum absolute atomic E-state index is 0.201. The Morgan fingerprint density at radius 1 is 1.17 bits per heavy atom. The Balaban J connectivity index is 2.11. The van der Waals surface area contributed by atoms with Gasteiger partial charge in [-0.15, -0.1) is 0 Å². The summed E-state index contributed by atoms with van der Waals surface area (Å²) in [5.74, 6) is 0. The van der Waals surface area contributed by atoms with Crippen LogP contribution in [-0.4, -0.2) is 8.42 Å². The van der Waals surface area contributed by atoms with E-state index in [1.165, 1.54) is 12.1 Å². The fourth-order valence-corrected chi connectivity index (χ4v) is 2.56. The molecular weight excluding hydrogens is 272 g/mol. The van der Waals surface area contributed by atoms with Gasteiger partial charge in [0.15, 0.2) is 12.4 Å². The number of aromatic nitrogens is 1. The summed E-state index contributed by atoms with van der Waals surface area (Å²) >= 11 is 5.72. The van der Waals surface area contributed by atoms with Crippen LogP contribution in [0.5, 0.6) is 0 Å². The maximum absolute atomic E-state index is 12.0. The minimum Gasteiger partial charge on any atom is -0.218 e. The Bertz CT molecular complexity index is 612. The number of H-pyrrole nitrogens is 1. The van der Waals surface area contributed by atoms with Gasteiger partial charge in [-0.3, -0.25) is 0 Å². The lowest BCUT2D eigenvalue weighted by Crippen LogP contribution is -2.23. The van der Waals surface area contributed by atoms with Gasteiger partial charge in [0.25, 0.3) is 0 Å². The minimum atomic E-state index is -3.50. The number of hydrogen-bond acceptors (Lipinski definition) is 2. The van der Waals surface area contributed by atoms with Crippen LogP contribution in [0.1, 0.15) is 5.56 Å². The Labute approximate surface area is 111 Å². The van der Waals surface area contributed by atoms with Crippen molar-refractivity contribution in [2.24, 2.45) is 0 Å². The highest BCUT2D eigenvalue weighted by atomic mass is 35.5. The molecule has 0 bridgehead atoms. The molecule has 0 radical (unpaired) electrons. The van der Waals surface area contributed by atoms with Crippen LogP contribution in [-0.2, 0) is 16.6 Å². The van der Waals surface area contributed by atoms with Crippen LogP contribution in [0.25, 0.3) is 0 Å². The van der Waals surface area contributed by atoms with Crippen LogP contribution in [0.4, 0.5) is 0 Å². The summed E-state index contributed by atoms with van der Waals surface area (Å²) in [4.78, 5) is 3.09. The van der Waals surface area contributed by atoms with E-state index in [4.69, 9.17) is 11.6 Å². The Hall–Kier alpha value is -1.43. The molecule has 1 aromatic heterocycles. The van der Waals surface area contributed by atoms with E-state index in [-0.39, 0.29) is 11.4 Å². The molecule has 2 rings (SSSR count). The molecule has 4 nitrogen and oxygen atoms in total. The summed E-state index contributed by atoms with van der Waals surface area (Å²) in [6.07, 6.45) is 3.50. The fourth-order valence-electron chi connectivity index (χ4n) is 1.42. The molecule has 6 heteroatoms. The molecule has 0 spiro atoms. The van der Waals surface area contributed by atoms with Gasteiger partial charge >= 0.3 is 0 Å². The van der Waals surface area contributed by atoms with Crippen LogP contribution in [0.15, 0.2) is 53.7 Å². The van der Waals surface area contributed by atoms with Crippen molar-refractivity contribution in [2.45, 2.75) is 11.4 Å². The summed E-state index contributed by atoms with van der Waals surface area (Å²) in [5.41, 5.74) is 0.857. The number of sulfonamides is 1. The summed E-state index contributed by atoms with van der Waals surface area (Å²) in [6, 6.07) is 9.69. The predicted molar refractivity (Wildman–Crippen MR) is 68.5 cm³/mol. The number of rotatable bonds is 4. The molecule has 0 amide bonds. The topological polar surface area (TPSA) is 60.3 Å². The molecule has 18 heavy (non-hydrogen) atoms. The average molecular weight is 284 g/mol. The number of benzene rings is 1. The highest BCUT2D eigenvalue weighted by molar-refractivity contribution is 7.89. The molecule has 2 N–H and O–H groups in total. The van der Waals surface area contributed by atoms with Crippen molar-refractivity contribution in [3.05, 3.63) is 59.4 Å². The molecule has 1 heterocycles. The van der Waals surface area contributed by atoms with Gasteiger partial charge in [0.05, 0.1) is 4.90 Å². The smallest absolute Gasteiger partial charge is 0.218 e. The van der Waals surface area contributed by atoms with Crippen molar-refractivity contribution < 1.29 is 13.4 Å². The van der Waals surface area contributed by atoms with Gasteiger partial charge in [-0.2, -0.15) is 0 Å². The van der Waals surface area contributed by atoms with Crippen LogP contribution in [0.3, 0.4) is 0 Å². The Kier molecular flexibility index (Phi) is 3.96. The van der Waals surface area contributed by atoms with Crippen molar-refractivity contribution in [3.63, 3.8) is 0 Å². The van der Waals surface area contributed by atoms with E-state index in [2.05, 4.69) is 9.71 Å². The number of halogens is 1. The summed E-state index contributed by atoms with van der Waals surface area (Å²) in [5, 5.41) is 0.506. The third kappa shape index (κ3) is 3.29. The second-order valence-corrected chi connectivity index (χ2v) is 5.89. The molecular formula is C12H12ClN2O2S+. The first kappa shape index (κ1) is 13.0. The third-order valence-corrected chi connectivity index (χ3v) is 4.03. The maximum atomic E-state index is 12.0. The molecule has 0 aliphatic rings. The lowest BCUT2D eigenvalue weighted by molar-refractivity contribution is -0.378. The fraction of sp³-hybridized carbons (Fsp3) is 0.0833. The number of aromatic amines is 1. The Morgan fingerprint density at radius 3 is 2.50 bits per heavy atom. The molecule has 0 unspecified atom stereocenters. The number of hydrogen-bond donors (Lipinski definition) is 1. The maximum Gasteiger partial charge on any atom is 0.240 e. The van der Waals surface area contributed by atoms with Gasteiger partial charge in [-0.05, 0) is 30.3 Å². The zero-order valence-corrected chi connectivity index (χ0v) is 11.0. The SMILES string of the molecule is O=S(=O)(NCc1ccc[nH+]c1)c1ccc(Cl)cc1. The molecule has 94 valence electrons. The summed E-state index contributed by atoms with van der Waals surface area (Å²) in [6.45, 7) is 0.238. The molecule has 0 atom stereocenters. The van der Waals surface area contributed by atoms with Crippen LogP contribution in [0.2, 0.25) is 5.02 Å². The van der Waals surface area contributed by atoms with Crippen LogP contribution in [0, 0.1) is 0 Å². The van der Waals surface area contributed by atoms with Crippen molar-refractivity contribution in [1.82, 2.24) is 4.72 Å². The van der Waals surface area contributed by atoms with E-state index in [0.717, 1.165) is 5.56 Å². The molecule has 2 aromatic rings. The number of nitrogens with one attached hydrogen (secondary N) is 2. The molecule has 1 aromatic carbocycles. The second kappa shape index (κ2) is 5.48. The standard InChI is InChI=1S/C12H11ClN2O2S/c13-11-3-5-12(6-4-11)18(16,17)15-9-10-2-1-7-14-8-10/h1-8,15H,9H2/p+1. The monoisotopic (exact) mass is 283 g/mol. The zero-order chi connectivity index (χ0) is 13.0. The highest BCUT2D eigenvalue weighted by Crippen LogP contribution is 2.14. The first-order valence-electron chi connectivity index (χ1n) is 5.28. The van der Waals surface area contributed by atoms with Gasteiger partial charge in [0, 0.05) is 23.2 Å². The molecule has 0 saturated carbocycles. The van der Waals surface area contributed by atoms with Crippen molar-refractivity contribution in [2.75, 3.05) is 0 Å². The van der Waals surface area contributed by atoms with Crippen LogP contribution >= 0.6 is 11.6 Å². The quantitative estimate of drug-likeness (QED) is 0.927. The normalized spacial score (nSPS) is 11.4. The van der Waals surface area contributed by atoms with Crippen molar-refractivity contribution in [3.8, 4) is 0 Å². The van der Waals surface area contributed by atoms with Crippen LogP contribution < -0.4 is 9.71 Å². The summed E-state index contributed by atoms with van der Waals surface area (Å²) in [7, 11) is -3.50. The van der Waals surface area contributed by atoms with Gasteiger partial charge in [-0.25, -0.2) is 18.1 Å². The van der Waals surface area contributed by atoms with E-state index in [1.54, 1.807) is 24.5 Å². The van der Waals surface area contributed by atoms with Crippen molar-refractivity contribution >= 4 is 21.6 Å². The predicted octanol–water partition coefficient (Wildman–Crippen LogP) is 1.63. The molecule has 0 aliphatic heterocycles. The highest BCUT2D eigenvalue weighted by Gasteiger charge is 2.13. The summed E-state index contributed by atoms with van der Waals surface area (Å²) < 4.78 is 26.4. The van der Waals surface area contributed by atoms with Gasteiger partial charge in [0.1, 0.15) is 0 Å². The Morgan fingerprint density at radius 2 is 1.89 bits per heavy atom. The first-order valence-corrected chi connectivity index (χ1v) is 7.14. The van der Waals surface area contributed by atoms with E-state index >= 15 is 0 Å². The first-order chi connectivity index (χ1) is 8.58. The lowest BCUT2D eigenvalue weighted by Gasteiger charge is -2.05. The third-order valence-electron chi connectivity index (χ3n) is 2.36. The van der Waals surface area contributed by atoms with E-state index < -0.39 is 10.0 Å². The van der Waals surface area contributed by atoms with E-state index in [1.807, 2.05) is 12.1 Å². The molecule has 0 fully saturated rings.